The van der Waals surface area contributed by atoms with Crippen molar-refractivity contribution >= 4 is 5.97 Å². The van der Waals surface area contributed by atoms with Crippen LogP contribution in [0, 0.1) is 5.41 Å². The summed E-state index contributed by atoms with van der Waals surface area (Å²) in [6.45, 7) is 8.45. The second-order valence-corrected chi connectivity index (χ2v) is 4.05. The maximum Gasteiger partial charge on any atom is 0.314 e. The second kappa shape index (κ2) is 6.66. The Kier molecular flexibility index (Phi) is 5.49. The Labute approximate surface area is 97.0 Å². The molecule has 92 valence electrons. The van der Waals surface area contributed by atoms with Crippen molar-refractivity contribution in [2.24, 2.45) is 5.41 Å². The molecule has 1 saturated heterocycles. The fraction of sp³-hybridized carbons (Fsp3) is 0.750. The van der Waals surface area contributed by atoms with Crippen molar-refractivity contribution in [3.8, 4) is 0 Å². The van der Waals surface area contributed by atoms with Crippen molar-refractivity contribution in [1.29, 1.82) is 0 Å². The van der Waals surface area contributed by atoms with E-state index in [0.29, 0.717) is 19.8 Å². The van der Waals surface area contributed by atoms with Crippen molar-refractivity contribution < 1.29 is 14.3 Å². The molecule has 4 heteroatoms. The minimum Gasteiger partial charge on any atom is -0.465 e. The van der Waals surface area contributed by atoms with Crippen LogP contribution in [0.3, 0.4) is 0 Å². The third-order valence-corrected chi connectivity index (χ3v) is 2.88. The van der Waals surface area contributed by atoms with Gasteiger partial charge in [0.15, 0.2) is 0 Å². The van der Waals surface area contributed by atoms with E-state index in [0.717, 1.165) is 25.9 Å². The largest absolute Gasteiger partial charge is 0.465 e. The number of carbonyl (C=O) groups is 1. The van der Waals surface area contributed by atoms with Gasteiger partial charge in [-0.15, -0.1) is 6.58 Å². The SMILES string of the molecule is C=CCOCC1(C(=O)OCC)CCNCC1. The summed E-state index contributed by atoms with van der Waals surface area (Å²) < 4.78 is 10.6. The van der Waals surface area contributed by atoms with E-state index >= 15 is 0 Å². The number of nitrogens with one attached hydrogen (secondary N) is 1. The first-order chi connectivity index (χ1) is 7.75. The van der Waals surface area contributed by atoms with Crippen molar-refractivity contribution in [3.63, 3.8) is 0 Å². The minimum atomic E-state index is -0.454. The molecule has 1 heterocycles. The van der Waals surface area contributed by atoms with Gasteiger partial charge in [0.05, 0.1) is 25.2 Å². The maximum atomic E-state index is 12.0. The second-order valence-electron chi connectivity index (χ2n) is 4.05. The molecular weight excluding hydrogens is 206 g/mol. The lowest BCUT2D eigenvalue weighted by Crippen LogP contribution is -2.46. The van der Waals surface area contributed by atoms with Gasteiger partial charge in [-0.05, 0) is 32.9 Å². The van der Waals surface area contributed by atoms with E-state index in [2.05, 4.69) is 11.9 Å². The Bertz CT molecular complexity index is 234. The average molecular weight is 227 g/mol. The van der Waals surface area contributed by atoms with Gasteiger partial charge < -0.3 is 14.8 Å². The molecule has 0 amide bonds. The molecule has 16 heavy (non-hydrogen) atoms. The van der Waals surface area contributed by atoms with Gasteiger partial charge in [-0.25, -0.2) is 0 Å². The lowest BCUT2D eigenvalue weighted by Gasteiger charge is -2.34. The molecule has 0 spiro atoms. The van der Waals surface area contributed by atoms with Gasteiger partial charge >= 0.3 is 5.97 Å². The number of ether oxygens (including phenoxy) is 2. The Morgan fingerprint density at radius 1 is 1.50 bits per heavy atom. The van der Waals surface area contributed by atoms with Gasteiger partial charge in [-0.1, -0.05) is 6.08 Å². The van der Waals surface area contributed by atoms with Crippen molar-refractivity contribution in [1.82, 2.24) is 5.32 Å². The number of esters is 1. The first-order valence-corrected chi connectivity index (χ1v) is 5.82. The number of piperidine rings is 1. The monoisotopic (exact) mass is 227 g/mol. The normalized spacial score (nSPS) is 19.1. The summed E-state index contributed by atoms with van der Waals surface area (Å²) in [6.07, 6.45) is 3.26. The van der Waals surface area contributed by atoms with Gasteiger partial charge in [0.2, 0.25) is 0 Å². The van der Waals surface area contributed by atoms with Crippen LogP contribution in [0.15, 0.2) is 12.7 Å². The van der Waals surface area contributed by atoms with Crippen LogP contribution in [0.4, 0.5) is 0 Å². The Hall–Kier alpha value is -0.870. The molecule has 0 radical (unpaired) electrons. The summed E-state index contributed by atoms with van der Waals surface area (Å²) in [6, 6.07) is 0. The van der Waals surface area contributed by atoms with E-state index in [4.69, 9.17) is 9.47 Å². The van der Waals surface area contributed by atoms with Crippen LogP contribution in [-0.4, -0.2) is 38.9 Å². The van der Waals surface area contributed by atoms with E-state index in [1.165, 1.54) is 0 Å². The Balaban J connectivity index is 2.58. The molecule has 1 fully saturated rings. The smallest absolute Gasteiger partial charge is 0.314 e. The van der Waals surface area contributed by atoms with Crippen molar-refractivity contribution in [2.45, 2.75) is 19.8 Å². The molecule has 0 aromatic heterocycles. The molecule has 1 aliphatic heterocycles. The molecule has 0 bridgehead atoms. The van der Waals surface area contributed by atoms with Crippen LogP contribution in [0.25, 0.3) is 0 Å². The quantitative estimate of drug-likeness (QED) is 0.420. The van der Waals surface area contributed by atoms with Crippen molar-refractivity contribution in [2.75, 3.05) is 32.9 Å². The van der Waals surface area contributed by atoms with Crippen LogP contribution in [0.5, 0.6) is 0 Å². The highest BCUT2D eigenvalue weighted by Gasteiger charge is 2.41. The summed E-state index contributed by atoms with van der Waals surface area (Å²) >= 11 is 0. The van der Waals surface area contributed by atoms with Crippen LogP contribution in [-0.2, 0) is 14.3 Å². The van der Waals surface area contributed by atoms with E-state index in [9.17, 15) is 4.79 Å². The first kappa shape index (κ1) is 13.2. The summed E-state index contributed by atoms with van der Waals surface area (Å²) in [5, 5.41) is 3.24. The van der Waals surface area contributed by atoms with Gasteiger partial charge in [-0.2, -0.15) is 0 Å². The molecule has 0 unspecified atom stereocenters. The number of rotatable bonds is 6. The van der Waals surface area contributed by atoms with Gasteiger partial charge in [0, 0.05) is 0 Å². The Morgan fingerprint density at radius 2 is 2.19 bits per heavy atom. The summed E-state index contributed by atoms with van der Waals surface area (Å²) in [5.41, 5.74) is -0.454. The van der Waals surface area contributed by atoms with Crippen LogP contribution < -0.4 is 5.32 Å². The fourth-order valence-electron chi connectivity index (χ4n) is 1.93. The van der Waals surface area contributed by atoms with Crippen LogP contribution in [0.1, 0.15) is 19.8 Å². The zero-order chi connectivity index (χ0) is 11.9. The number of carbonyl (C=O) groups excluding carboxylic acids is 1. The van der Waals surface area contributed by atoms with Crippen molar-refractivity contribution in [3.05, 3.63) is 12.7 Å². The van der Waals surface area contributed by atoms with E-state index in [-0.39, 0.29) is 5.97 Å². The molecule has 1 N–H and O–H groups in total. The average Bonchev–Trinajstić information content (AvgIpc) is 2.31. The van der Waals surface area contributed by atoms with Crippen LogP contribution >= 0.6 is 0 Å². The van der Waals surface area contributed by atoms with E-state index in [1.54, 1.807) is 6.08 Å². The number of hydrogen-bond acceptors (Lipinski definition) is 4. The predicted octanol–water partition coefficient (Wildman–Crippen LogP) is 1.12. The van der Waals surface area contributed by atoms with Gasteiger partial charge in [-0.3, -0.25) is 4.79 Å². The highest BCUT2D eigenvalue weighted by atomic mass is 16.5. The summed E-state index contributed by atoms with van der Waals surface area (Å²) in [4.78, 5) is 12.0. The molecule has 0 atom stereocenters. The molecular formula is C12H21NO3. The zero-order valence-electron chi connectivity index (χ0n) is 9.96. The fourth-order valence-corrected chi connectivity index (χ4v) is 1.93. The standard InChI is InChI=1S/C12H21NO3/c1-3-9-15-10-12(11(14)16-4-2)5-7-13-8-6-12/h3,13H,1,4-10H2,2H3. The molecule has 0 saturated carbocycles. The van der Waals surface area contributed by atoms with E-state index in [1.807, 2.05) is 6.92 Å². The molecule has 4 nitrogen and oxygen atoms in total. The third kappa shape index (κ3) is 3.32. The summed E-state index contributed by atoms with van der Waals surface area (Å²) in [7, 11) is 0. The molecule has 0 aromatic rings. The zero-order valence-corrected chi connectivity index (χ0v) is 9.96. The highest BCUT2D eigenvalue weighted by molar-refractivity contribution is 5.77. The van der Waals surface area contributed by atoms with E-state index < -0.39 is 5.41 Å². The Morgan fingerprint density at radius 3 is 2.75 bits per heavy atom. The topological polar surface area (TPSA) is 47.6 Å². The third-order valence-electron chi connectivity index (χ3n) is 2.88. The molecule has 1 rings (SSSR count). The van der Waals surface area contributed by atoms with Crippen LogP contribution in [0.2, 0.25) is 0 Å². The minimum absolute atomic E-state index is 0.124. The highest BCUT2D eigenvalue weighted by Crippen LogP contribution is 2.30. The summed E-state index contributed by atoms with van der Waals surface area (Å²) in [5.74, 6) is -0.124. The predicted molar refractivity (Wildman–Crippen MR) is 62.2 cm³/mol. The van der Waals surface area contributed by atoms with Gasteiger partial charge in [0.25, 0.3) is 0 Å². The van der Waals surface area contributed by atoms with Gasteiger partial charge in [0.1, 0.15) is 0 Å². The molecule has 1 aliphatic rings. The maximum absolute atomic E-state index is 12.0. The lowest BCUT2D eigenvalue weighted by atomic mass is 9.79. The number of hydrogen-bond donors (Lipinski definition) is 1. The first-order valence-electron chi connectivity index (χ1n) is 5.82. The molecule has 0 aromatic carbocycles. The lowest BCUT2D eigenvalue weighted by molar-refractivity contribution is -0.161. The molecule has 0 aliphatic carbocycles.